The van der Waals surface area contributed by atoms with E-state index >= 15 is 0 Å². The molecule has 0 radical (unpaired) electrons. The number of nitrogens with zero attached hydrogens (tertiary/aromatic N) is 4. The molecule has 4 aromatic rings. The van der Waals surface area contributed by atoms with E-state index in [9.17, 15) is 4.79 Å². The Hall–Kier alpha value is -3.91. The Morgan fingerprint density at radius 2 is 1.88 bits per heavy atom. The number of carbonyl (C=O) groups is 1. The Morgan fingerprint density at radius 3 is 2.68 bits per heavy atom. The number of fused-ring (bicyclic) bond motifs is 3. The molecular weight excluding hydrogens is 428 g/mol. The first-order valence-corrected chi connectivity index (χ1v) is 11.7. The molecule has 0 atom stereocenters. The van der Waals surface area contributed by atoms with E-state index < -0.39 is 0 Å². The molecule has 2 aromatic heterocycles. The topological polar surface area (TPSA) is 83.8 Å². The molecule has 2 fully saturated rings. The van der Waals surface area contributed by atoms with Crippen molar-refractivity contribution in [2.75, 3.05) is 41.8 Å². The summed E-state index contributed by atoms with van der Waals surface area (Å²) in [5.74, 6) is 0.811. The van der Waals surface area contributed by atoms with Crippen LogP contribution in [0.25, 0.3) is 16.9 Å². The predicted octanol–water partition coefficient (Wildman–Crippen LogP) is 3.96. The average Bonchev–Trinajstić information content (AvgIpc) is 3.46. The molecular formula is C26H24N6O2. The van der Waals surface area contributed by atoms with Gasteiger partial charge in [0.25, 0.3) is 0 Å². The molecule has 2 aromatic carbocycles. The Bertz CT molecular complexity index is 1420. The minimum absolute atomic E-state index is 0.126. The number of nitrogens with one attached hydrogen (secondary N) is 2. The van der Waals surface area contributed by atoms with Gasteiger partial charge >= 0.3 is 0 Å². The smallest absolute Gasteiger partial charge is 0.235 e. The van der Waals surface area contributed by atoms with Crippen LogP contribution in [-0.2, 0) is 14.9 Å². The van der Waals surface area contributed by atoms with E-state index in [4.69, 9.17) is 9.72 Å². The van der Waals surface area contributed by atoms with Gasteiger partial charge in [0, 0.05) is 54.3 Å². The van der Waals surface area contributed by atoms with Gasteiger partial charge in [-0.05, 0) is 48.7 Å². The van der Waals surface area contributed by atoms with Crippen molar-refractivity contribution in [3.8, 4) is 11.3 Å². The fourth-order valence-electron chi connectivity index (χ4n) is 5.08. The number of hydrogen-bond acceptors (Lipinski definition) is 6. The van der Waals surface area contributed by atoms with E-state index in [1.54, 1.807) is 6.20 Å². The zero-order valence-electron chi connectivity index (χ0n) is 18.6. The fraction of sp³-hybridized carbons (Fsp3) is 0.269. The maximum absolute atomic E-state index is 12.4. The van der Waals surface area contributed by atoms with Gasteiger partial charge < -0.3 is 24.7 Å². The molecule has 1 spiro atoms. The highest BCUT2D eigenvalue weighted by atomic mass is 16.5. The Labute approximate surface area is 196 Å². The summed E-state index contributed by atoms with van der Waals surface area (Å²) >= 11 is 0. The molecule has 2 N–H and O–H groups in total. The minimum atomic E-state index is -0.282. The maximum Gasteiger partial charge on any atom is 0.235 e. The summed E-state index contributed by atoms with van der Waals surface area (Å²) < 4.78 is 7.43. The van der Waals surface area contributed by atoms with Crippen LogP contribution in [0.1, 0.15) is 18.4 Å². The van der Waals surface area contributed by atoms with Gasteiger partial charge in [-0.15, -0.1) is 0 Å². The van der Waals surface area contributed by atoms with Gasteiger partial charge in [0.2, 0.25) is 5.91 Å². The SMILES string of the molecule is O=C1Nc2cc(-c3cn4ccnc4c(Nc4ccc(N5CCOCC5)cc4)n3)ccc2C12CC2. The van der Waals surface area contributed by atoms with Crippen LogP contribution in [0.5, 0.6) is 0 Å². The summed E-state index contributed by atoms with van der Waals surface area (Å²) in [7, 11) is 0. The molecule has 1 saturated heterocycles. The van der Waals surface area contributed by atoms with Gasteiger partial charge in [-0.25, -0.2) is 9.97 Å². The van der Waals surface area contributed by atoms with Crippen molar-refractivity contribution in [2.24, 2.45) is 0 Å². The fourth-order valence-corrected chi connectivity index (χ4v) is 5.08. The molecule has 3 aliphatic rings. The van der Waals surface area contributed by atoms with Gasteiger partial charge in [-0.2, -0.15) is 0 Å². The summed E-state index contributed by atoms with van der Waals surface area (Å²) in [6.45, 7) is 3.35. The van der Waals surface area contributed by atoms with Crippen molar-refractivity contribution in [1.29, 1.82) is 0 Å². The lowest BCUT2D eigenvalue weighted by molar-refractivity contribution is -0.117. The molecule has 0 bridgehead atoms. The minimum Gasteiger partial charge on any atom is -0.378 e. The summed E-state index contributed by atoms with van der Waals surface area (Å²) in [6.07, 6.45) is 7.53. The molecule has 7 rings (SSSR count). The number of hydrogen-bond donors (Lipinski definition) is 2. The lowest BCUT2D eigenvalue weighted by atomic mass is 9.96. The van der Waals surface area contributed by atoms with Crippen LogP contribution >= 0.6 is 0 Å². The van der Waals surface area contributed by atoms with Crippen molar-refractivity contribution in [3.63, 3.8) is 0 Å². The van der Waals surface area contributed by atoms with Gasteiger partial charge in [0.1, 0.15) is 0 Å². The van der Waals surface area contributed by atoms with Crippen LogP contribution in [0.3, 0.4) is 0 Å². The third kappa shape index (κ3) is 3.06. The molecule has 8 heteroatoms. The standard InChI is InChI=1S/C26H24N6O2/c33-25-26(7-8-26)20-6-1-17(15-21(20)30-25)22-16-32-10-9-27-24(32)23(29-22)28-18-2-4-19(5-3-18)31-11-13-34-14-12-31/h1-6,9-10,15-16H,7-8,11-14H2,(H,28,29)(H,30,33). The first kappa shape index (κ1) is 19.5. The second-order valence-electron chi connectivity index (χ2n) is 9.20. The molecule has 8 nitrogen and oxygen atoms in total. The largest absolute Gasteiger partial charge is 0.378 e. The van der Waals surface area contributed by atoms with Gasteiger partial charge in [0.15, 0.2) is 11.5 Å². The lowest BCUT2D eigenvalue weighted by Gasteiger charge is -2.28. The number of benzene rings is 2. The number of ether oxygens (including phenoxy) is 1. The molecule has 34 heavy (non-hydrogen) atoms. The summed E-state index contributed by atoms with van der Waals surface area (Å²) in [5, 5.41) is 6.51. The second kappa shape index (κ2) is 7.30. The van der Waals surface area contributed by atoms with Gasteiger partial charge in [-0.3, -0.25) is 4.79 Å². The summed E-state index contributed by atoms with van der Waals surface area (Å²) in [4.78, 5) is 24.2. The highest BCUT2D eigenvalue weighted by molar-refractivity contribution is 6.08. The maximum atomic E-state index is 12.4. The molecule has 1 amide bonds. The van der Waals surface area contributed by atoms with Crippen molar-refractivity contribution in [3.05, 3.63) is 66.6 Å². The van der Waals surface area contributed by atoms with Crippen LogP contribution in [0.2, 0.25) is 0 Å². The Morgan fingerprint density at radius 1 is 1.06 bits per heavy atom. The zero-order valence-corrected chi connectivity index (χ0v) is 18.6. The van der Waals surface area contributed by atoms with E-state index in [2.05, 4.69) is 56.9 Å². The molecule has 2 aliphatic heterocycles. The molecule has 4 heterocycles. The number of morpholine rings is 1. The molecule has 0 unspecified atom stereocenters. The van der Waals surface area contributed by atoms with Crippen LogP contribution in [0.15, 0.2) is 61.1 Å². The number of aromatic nitrogens is 3. The summed E-state index contributed by atoms with van der Waals surface area (Å²) in [5.41, 5.74) is 6.40. The van der Waals surface area contributed by atoms with Crippen molar-refractivity contribution in [1.82, 2.24) is 14.4 Å². The zero-order chi connectivity index (χ0) is 22.7. The number of imidazole rings is 1. The Kier molecular flexibility index (Phi) is 4.20. The van der Waals surface area contributed by atoms with E-state index in [1.165, 1.54) is 5.69 Å². The van der Waals surface area contributed by atoms with Crippen molar-refractivity contribution < 1.29 is 9.53 Å². The van der Waals surface area contributed by atoms with Crippen molar-refractivity contribution in [2.45, 2.75) is 18.3 Å². The van der Waals surface area contributed by atoms with E-state index in [-0.39, 0.29) is 11.3 Å². The molecule has 1 saturated carbocycles. The number of rotatable bonds is 4. The highest BCUT2D eigenvalue weighted by Gasteiger charge is 2.56. The summed E-state index contributed by atoms with van der Waals surface area (Å²) in [6, 6.07) is 14.6. The first-order chi connectivity index (χ1) is 16.7. The van der Waals surface area contributed by atoms with Crippen LogP contribution in [-0.4, -0.2) is 46.6 Å². The normalized spacial score (nSPS) is 18.2. The average molecular weight is 453 g/mol. The third-order valence-electron chi connectivity index (χ3n) is 7.14. The Balaban J connectivity index is 1.21. The molecule has 170 valence electrons. The van der Waals surface area contributed by atoms with Crippen molar-refractivity contribution >= 4 is 34.4 Å². The van der Waals surface area contributed by atoms with E-state index in [0.29, 0.717) is 5.82 Å². The van der Waals surface area contributed by atoms with Gasteiger partial charge in [0.05, 0.1) is 24.3 Å². The van der Waals surface area contributed by atoms with Crippen LogP contribution in [0, 0.1) is 0 Å². The number of carbonyl (C=O) groups excluding carboxylic acids is 1. The first-order valence-electron chi connectivity index (χ1n) is 11.7. The molecule has 1 aliphatic carbocycles. The third-order valence-corrected chi connectivity index (χ3v) is 7.14. The predicted molar refractivity (Wildman–Crippen MR) is 131 cm³/mol. The quantitative estimate of drug-likeness (QED) is 0.488. The lowest BCUT2D eigenvalue weighted by Crippen LogP contribution is -2.36. The second-order valence-corrected chi connectivity index (χ2v) is 9.20. The highest BCUT2D eigenvalue weighted by Crippen LogP contribution is 2.55. The van der Waals surface area contributed by atoms with E-state index in [0.717, 1.165) is 73.0 Å². The van der Waals surface area contributed by atoms with E-state index in [1.807, 2.05) is 22.9 Å². The number of amides is 1. The van der Waals surface area contributed by atoms with Gasteiger partial charge in [-0.1, -0.05) is 12.1 Å². The number of anilines is 4. The van der Waals surface area contributed by atoms with Crippen LogP contribution in [0.4, 0.5) is 22.9 Å². The monoisotopic (exact) mass is 452 g/mol. The van der Waals surface area contributed by atoms with Crippen LogP contribution < -0.4 is 15.5 Å².